The zero-order chi connectivity index (χ0) is 16.9. The van der Waals surface area contributed by atoms with E-state index < -0.39 is 0 Å². The van der Waals surface area contributed by atoms with Gasteiger partial charge in [0.15, 0.2) is 5.69 Å². The van der Waals surface area contributed by atoms with Gasteiger partial charge in [0.05, 0.1) is 12.7 Å². The number of aromatic nitrogens is 3. The molecule has 1 unspecified atom stereocenters. The van der Waals surface area contributed by atoms with Crippen LogP contribution < -0.4 is 0 Å². The Morgan fingerprint density at radius 3 is 3.04 bits per heavy atom. The predicted octanol–water partition coefficient (Wildman–Crippen LogP) is 3.26. The van der Waals surface area contributed by atoms with E-state index in [9.17, 15) is 9.18 Å². The van der Waals surface area contributed by atoms with E-state index >= 15 is 0 Å². The molecule has 0 saturated carbocycles. The first kappa shape index (κ1) is 16.6. The van der Waals surface area contributed by atoms with E-state index in [0.29, 0.717) is 18.3 Å². The van der Waals surface area contributed by atoms with Crippen molar-refractivity contribution in [1.29, 1.82) is 0 Å². The fraction of sp³-hybridized carbons (Fsp3) is 0.500. The second kappa shape index (κ2) is 7.55. The molecule has 1 aromatic heterocycles. The van der Waals surface area contributed by atoms with Crippen molar-refractivity contribution in [1.82, 2.24) is 19.9 Å². The van der Waals surface area contributed by atoms with Gasteiger partial charge in [-0.2, -0.15) is 0 Å². The summed E-state index contributed by atoms with van der Waals surface area (Å²) >= 11 is 0. The number of carbonyl (C=O) groups is 1. The van der Waals surface area contributed by atoms with E-state index in [1.54, 1.807) is 16.9 Å². The first-order valence-electron chi connectivity index (χ1n) is 8.63. The average molecular weight is 330 g/mol. The molecule has 1 fully saturated rings. The zero-order valence-corrected chi connectivity index (χ0v) is 14.0. The topological polar surface area (TPSA) is 51.0 Å². The molecule has 6 heteroatoms. The largest absolute Gasteiger partial charge is 0.334 e. The summed E-state index contributed by atoms with van der Waals surface area (Å²) in [4.78, 5) is 14.7. The van der Waals surface area contributed by atoms with Gasteiger partial charge in [0.1, 0.15) is 5.82 Å². The van der Waals surface area contributed by atoms with Crippen LogP contribution in [0.25, 0.3) is 0 Å². The number of hydrogen-bond donors (Lipinski definition) is 0. The number of rotatable bonds is 5. The van der Waals surface area contributed by atoms with Gasteiger partial charge < -0.3 is 4.90 Å². The average Bonchev–Trinajstić information content (AvgIpc) is 3.03. The minimum absolute atomic E-state index is 0.0429. The van der Waals surface area contributed by atoms with Crippen molar-refractivity contribution >= 4 is 5.91 Å². The van der Waals surface area contributed by atoms with Gasteiger partial charge in [0.25, 0.3) is 5.91 Å². The number of halogens is 1. The molecule has 1 amide bonds. The Labute approximate surface area is 141 Å². The second-order valence-electron chi connectivity index (χ2n) is 6.37. The predicted molar refractivity (Wildman–Crippen MR) is 89.1 cm³/mol. The third-order valence-electron chi connectivity index (χ3n) is 4.50. The minimum atomic E-state index is -0.278. The SMILES string of the molecule is CCCC1CCCCN1C(=O)c1cn(Cc2cccc(F)c2)nn1. The summed E-state index contributed by atoms with van der Waals surface area (Å²) in [5.41, 5.74) is 1.16. The van der Waals surface area contributed by atoms with E-state index in [1.165, 1.54) is 18.6 Å². The molecule has 24 heavy (non-hydrogen) atoms. The minimum Gasteiger partial charge on any atom is -0.334 e. The molecule has 5 nitrogen and oxygen atoms in total. The van der Waals surface area contributed by atoms with Crippen LogP contribution in [0.3, 0.4) is 0 Å². The molecule has 1 aliphatic heterocycles. The fourth-order valence-corrected chi connectivity index (χ4v) is 3.34. The lowest BCUT2D eigenvalue weighted by atomic mass is 9.98. The molecule has 3 rings (SSSR count). The van der Waals surface area contributed by atoms with Gasteiger partial charge in [-0.3, -0.25) is 4.79 Å². The highest BCUT2D eigenvalue weighted by Crippen LogP contribution is 2.22. The molecule has 0 radical (unpaired) electrons. The van der Waals surface area contributed by atoms with Crippen LogP contribution in [0, 0.1) is 5.82 Å². The molecule has 2 heterocycles. The van der Waals surface area contributed by atoms with Crippen molar-refractivity contribution in [3.05, 3.63) is 47.5 Å². The van der Waals surface area contributed by atoms with Gasteiger partial charge in [-0.05, 0) is 43.4 Å². The maximum Gasteiger partial charge on any atom is 0.276 e. The number of likely N-dealkylation sites (tertiary alicyclic amines) is 1. The van der Waals surface area contributed by atoms with E-state index in [0.717, 1.165) is 37.8 Å². The van der Waals surface area contributed by atoms with Gasteiger partial charge in [0.2, 0.25) is 0 Å². The molecule has 0 spiro atoms. The van der Waals surface area contributed by atoms with Crippen molar-refractivity contribution < 1.29 is 9.18 Å². The summed E-state index contributed by atoms with van der Waals surface area (Å²) in [6.45, 7) is 3.34. The number of hydrogen-bond acceptors (Lipinski definition) is 3. The molecule has 0 bridgehead atoms. The van der Waals surface area contributed by atoms with Crippen LogP contribution in [0.1, 0.15) is 55.1 Å². The van der Waals surface area contributed by atoms with Gasteiger partial charge in [-0.1, -0.05) is 30.7 Å². The number of carbonyl (C=O) groups excluding carboxylic acids is 1. The number of piperidine rings is 1. The van der Waals surface area contributed by atoms with Gasteiger partial charge in [-0.25, -0.2) is 9.07 Å². The van der Waals surface area contributed by atoms with Crippen LogP contribution in [0.4, 0.5) is 4.39 Å². The van der Waals surface area contributed by atoms with Crippen LogP contribution in [-0.2, 0) is 6.54 Å². The van der Waals surface area contributed by atoms with E-state index in [2.05, 4.69) is 17.2 Å². The highest BCUT2D eigenvalue weighted by Gasteiger charge is 2.28. The van der Waals surface area contributed by atoms with Crippen molar-refractivity contribution in [3.63, 3.8) is 0 Å². The first-order valence-corrected chi connectivity index (χ1v) is 8.63. The molecule has 2 aromatic rings. The molecule has 0 N–H and O–H groups in total. The Bertz CT molecular complexity index is 698. The van der Waals surface area contributed by atoms with Crippen LogP contribution in [-0.4, -0.2) is 38.4 Å². The Morgan fingerprint density at radius 2 is 2.25 bits per heavy atom. The Morgan fingerprint density at radius 1 is 1.38 bits per heavy atom. The van der Waals surface area contributed by atoms with Crippen LogP contribution >= 0.6 is 0 Å². The summed E-state index contributed by atoms with van der Waals surface area (Å²) < 4.78 is 14.8. The molecule has 1 saturated heterocycles. The summed E-state index contributed by atoms with van der Waals surface area (Å²) in [6.07, 6.45) is 7.05. The molecule has 1 aliphatic rings. The van der Waals surface area contributed by atoms with Crippen LogP contribution in [0.15, 0.2) is 30.5 Å². The maximum absolute atomic E-state index is 13.3. The van der Waals surface area contributed by atoms with E-state index in [4.69, 9.17) is 0 Å². The van der Waals surface area contributed by atoms with Crippen LogP contribution in [0.2, 0.25) is 0 Å². The van der Waals surface area contributed by atoms with Crippen molar-refractivity contribution in [2.45, 2.75) is 51.6 Å². The Kier molecular flexibility index (Phi) is 5.23. The number of benzene rings is 1. The summed E-state index contributed by atoms with van der Waals surface area (Å²) in [7, 11) is 0. The standard InChI is InChI=1S/C18H23FN4O/c1-2-6-16-9-3-4-10-23(16)18(24)17-13-22(21-20-17)12-14-7-5-8-15(19)11-14/h5,7-8,11,13,16H,2-4,6,9-10,12H2,1H3. The lowest BCUT2D eigenvalue weighted by molar-refractivity contribution is 0.0594. The first-order chi connectivity index (χ1) is 11.7. The zero-order valence-electron chi connectivity index (χ0n) is 14.0. The second-order valence-corrected chi connectivity index (χ2v) is 6.37. The lowest BCUT2D eigenvalue weighted by Crippen LogP contribution is -2.43. The summed E-state index contributed by atoms with van der Waals surface area (Å²) in [5, 5.41) is 8.06. The Hall–Kier alpha value is -2.24. The third kappa shape index (κ3) is 3.80. The summed E-state index contributed by atoms with van der Waals surface area (Å²) in [5.74, 6) is -0.321. The highest BCUT2D eigenvalue weighted by molar-refractivity contribution is 5.92. The van der Waals surface area contributed by atoms with Gasteiger partial charge in [0, 0.05) is 12.6 Å². The number of nitrogens with zero attached hydrogens (tertiary/aromatic N) is 4. The van der Waals surface area contributed by atoms with Gasteiger partial charge in [-0.15, -0.1) is 5.10 Å². The molecule has 128 valence electrons. The monoisotopic (exact) mass is 330 g/mol. The molecule has 0 aliphatic carbocycles. The Balaban J connectivity index is 1.71. The lowest BCUT2D eigenvalue weighted by Gasteiger charge is -2.35. The molecule has 1 aromatic carbocycles. The quantitative estimate of drug-likeness (QED) is 0.845. The van der Waals surface area contributed by atoms with Crippen molar-refractivity contribution in [2.24, 2.45) is 0 Å². The van der Waals surface area contributed by atoms with Crippen molar-refractivity contribution in [3.8, 4) is 0 Å². The third-order valence-corrected chi connectivity index (χ3v) is 4.50. The molecular weight excluding hydrogens is 307 g/mol. The highest BCUT2D eigenvalue weighted by atomic mass is 19.1. The normalized spacial score (nSPS) is 17.9. The molecular formula is C18H23FN4O. The van der Waals surface area contributed by atoms with E-state index in [-0.39, 0.29) is 11.7 Å². The smallest absolute Gasteiger partial charge is 0.276 e. The van der Waals surface area contributed by atoms with E-state index in [1.807, 2.05) is 11.0 Å². The molecule has 1 atom stereocenters. The van der Waals surface area contributed by atoms with Crippen molar-refractivity contribution in [2.75, 3.05) is 6.54 Å². The maximum atomic E-state index is 13.3. The fourth-order valence-electron chi connectivity index (χ4n) is 3.34. The van der Waals surface area contributed by atoms with Gasteiger partial charge >= 0.3 is 0 Å². The number of amides is 1. The summed E-state index contributed by atoms with van der Waals surface area (Å²) in [6, 6.07) is 6.67. The van der Waals surface area contributed by atoms with Crippen LogP contribution in [0.5, 0.6) is 0 Å².